The third-order valence-electron chi connectivity index (χ3n) is 9.15. The molecule has 0 radical (unpaired) electrons. The standard InChI is InChI=1S/C44H44F2N2O4S/c1-43(2,3)52-42(50)48-30-39(53-44(34-18-10-5-11-19-34,35-20-12-6-13-21-35)36-22-14-7-15-23-36)27-38(48)29-47(28-33-26-37(45)24-25-40(33)46)41(49)51-31-32-16-8-4-9-17-32/h4-26,38-39H,27-31H2,1-3H3/t38-,39+/m0/s1. The highest BCUT2D eigenvalue weighted by molar-refractivity contribution is 8.01. The third-order valence-corrected chi connectivity index (χ3v) is 10.9. The van der Waals surface area contributed by atoms with E-state index in [2.05, 4.69) is 36.4 Å². The number of hydrogen-bond donors (Lipinski definition) is 0. The molecule has 9 heteroatoms. The van der Waals surface area contributed by atoms with Gasteiger partial charge in [-0.25, -0.2) is 18.4 Å². The maximum Gasteiger partial charge on any atom is 0.410 e. The van der Waals surface area contributed by atoms with Gasteiger partial charge in [0.05, 0.1) is 17.3 Å². The first-order valence-electron chi connectivity index (χ1n) is 17.8. The minimum atomic E-state index is -0.770. The van der Waals surface area contributed by atoms with Crippen LogP contribution in [-0.4, -0.2) is 52.0 Å². The van der Waals surface area contributed by atoms with Crippen LogP contribution in [0.25, 0.3) is 0 Å². The Bertz CT molecular complexity index is 1860. The van der Waals surface area contributed by atoms with Crippen molar-refractivity contribution in [2.75, 3.05) is 13.1 Å². The molecule has 0 spiro atoms. The molecule has 1 saturated heterocycles. The Labute approximate surface area is 314 Å². The van der Waals surface area contributed by atoms with E-state index in [0.29, 0.717) is 13.0 Å². The molecule has 2 atom stereocenters. The van der Waals surface area contributed by atoms with Crippen molar-refractivity contribution in [3.8, 4) is 0 Å². The van der Waals surface area contributed by atoms with Gasteiger partial charge in [-0.15, -0.1) is 11.8 Å². The number of nitrogens with zero attached hydrogens (tertiary/aromatic N) is 2. The minimum Gasteiger partial charge on any atom is -0.445 e. The van der Waals surface area contributed by atoms with E-state index in [1.165, 1.54) is 4.90 Å². The summed E-state index contributed by atoms with van der Waals surface area (Å²) in [5.41, 5.74) is 3.27. The summed E-state index contributed by atoms with van der Waals surface area (Å²) in [5.74, 6) is -1.26. The lowest BCUT2D eigenvalue weighted by molar-refractivity contribution is 0.0182. The van der Waals surface area contributed by atoms with E-state index >= 15 is 4.39 Å². The van der Waals surface area contributed by atoms with Gasteiger partial charge < -0.3 is 19.3 Å². The van der Waals surface area contributed by atoms with Crippen molar-refractivity contribution in [1.29, 1.82) is 0 Å². The van der Waals surface area contributed by atoms with Gasteiger partial charge in [0.2, 0.25) is 0 Å². The van der Waals surface area contributed by atoms with Gasteiger partial charge in [0, 0.05) is 23.9 Å². The maximum atomic E-state index is 15.0. The van der Waals surface area contributed by atoms with Gasteiger partial charge in [-0.05, 0) is 67.6 Å². The summed E-state index contributed by atoms with van der Waals surface area (Å²) in [7, 11) is 0. The van der Waals surface area contributed by atoms with E-state index in [-0.39, 0.29) is 30.5 Å². The molecule has 0 aliphatic carbocycles. The average molecular weight is 735 g/mol. The molecule has 5 aromatic rings. The Balaban J connectivity index is 1.37. The van der Waals surface area contributed by atoms with Gasteiger partial charge in [-0.2, -0.15) is 0 Å². The molecule has 0 bridgehead atoms. The van der Waals surface area contributed by atoms with Gasteiger partial charge >= 0.3 is 12.2 Å². The van der Waals surface area contributed by atoms with Gasteiger partial charge in [0.15, 0.2) is 0 Å². The first kappa shape index (κ1) is 37.6. The zero-order chi connectivity index (χ0) is 37.4. The number of rotatable bonds is 11. The number of amides is 2. The summed E-state index contributed by atoms with van der Waals surface area (Å²) in [6.07, 6.45) is -0.721. The van der Waals surface area contributed by atoms with Gasteiger partial charge in [-0.3, -0.25) is 0 Å². The molecule has 2 amide bonds. The predicted molar refractivity (Wildman–Crippen MR) is 205 cm³/mol. The number of thioether (sulfide) groups is 1. The molecule has 1 aliphatic rings. The van der Waals surface area contributed by atoms with Crippen LogP contribution in [0.3, 0.4) is 0 Å². The summed E-state index contributed by atoms with van der Waals surface area (Å²) in [5, 5.41) is -0.124. The first-order chi connectivity index (χ1) is 25.5. The molecule has 1 fully saturated rings. The largest absolute Gasteiger partial charge is 0.445 e. The second-order valence-corrected chi connectivity index (χ2v) is 15.7. The highest BCUT2D eigenvalue weighted by atomic mass is 32.2. The summed E-state index contributed by atoms with van der Waals surface area (Å²) >= 11 is 1.76. The van der Waals surface area contributed by atoms with Gasteiger partial charge in [0.25, 0.3) is 0 Å². The fourth-order valence-electron chi connectivity index (χ4n) is 6.79. The molecule has 0 N–H and O–H groups in total. The van der Waals surface area contributed by atoms with Crippen molar-refractivity contribution < 1.29 is 27.8 Å². The highest BCUT2D eigenvalue weighted by Crippen LogP contribution is 2.52. The molecule has 5 aromatic carbocycles. The monoisotopic (exact) mass is 734 g/mol. The van der Waals surface area contributed by atoms with E-state index in [0.717, 1.165) is 40.5 Å². The average Bonchev–Trinajstić information content (AvgIpc) is 3.57. The van der Waals surface area contributed by atoms with E-state index in [1.54, 1.807) is 16.7 Å². The number of ether oxygens (including phenoxy) is 2. The lowest BCUT2D eigenvalue weighted by Crippen LogP contribution is -2.46. The lowest BCUT2D eigenvalue weighted by atomic mass is 9.84. The summed E-state index contributed by atoms with van der Waals surface area (Å²) in [6, 6.07) is 42.8. The number of likely N-dealkylation sites (tertiary alicyclic amines) is 1. The highest BCUT2D eigenvalue weighted by Gasteiger charge is 2.45. The van der Waals surface area contributed by atoms with Crippen LogP contribution >= 0.6 is 11.8 Å². The molecule has 53 heavy (non-hydrogen) atoms. The Hall–Kier alpha value is -5.15. The van der Waals surface area contributed by atoms with Crippen LogP contribution in [0.2, 0.25) is 0 Å². The molecular weight excluding hydrogens is 691 g/mol. The van der Waals surface area contributed by atoms with Crippen LogP contribution in [0.5, 0.6) is 0 Å². The van der Waals surface area contributed by atoms with Crippen LogP contribution in [-0.2, 0) is 27.4 Å². The predicted octanol–water partition coefficient (Wildman–Crippen LogP) is 10.2. The quantitative estimate of drug-likeness (QED) is 0.127. The van der Waals surface area contributed by atoms with Crippen LogP contribution in [0.1, 0.15) is 55.0 Å². The SMILES string of the molecule is CC(C)(C)OC(=O)N1C[C@H](SC(c2ccccc2)(c2ccccc2)c2ccccc2)C[C@H]1CN(Cc1cc(F)ccc1F)C(=O)OCc1ccccc1. The Kier molecular flexibility index (Phi) is 11.8. The Morgan fingerprint density at radius 1 is 0.774 bits per heavy atom. The first-order valence-corrected chi connectivity index (χ1v) is 18.6. The van der Waals surface area contributed by atoms with E-state index < -0.39 is 40.2 Å². The normalized spacial score (nSPS) is 15.9. The number of carbonyl (C=O) groups excluding carboxylic acids is 2. The molecule has 0 unspecified atom stereocenters. The number of hydrogen-bond acceptors (Lipinski definition) is 5. The number of halogens is 2. The fraction of sp³-hybridized carbons (Fsp3) is 0.273. The fourth-order valence-corrected chi connectivity index (χ4v) is 8.66. The second kappa shape index (κ2) is 16.7. The van der Waals surface area contributed by atoms with Crippen molar-refractivity contribution in [2.24, 2.45) is 0 Å². The molecule has 274 valence electrons. The zero-order valence-electron chi connectivity index (χ0n) is 30.2. The summed E-state index contributed by atoms with van der Waals surface area (Å²) in [6.45, 7) is 5.52. The van der Waals surface area contributed by atoms with Crippen LogP contribution in [0.15, 0.2) is 140 Å². The minimum absolute atomic E-state index is 0.00523. The van der Waals surface area contributed by atoms with Crippen molar-refractivity contribution in [3.05, 3.63) is 179 Å². The molecule has 0 saturated carbocycles. The Morgan fingerprint density at radius 2 is 1.30 bits per heavy atom. The van der Waals surface area contributed by atoms with Crippen molar-refractivity contribution in [2.45, 2.75) is 62.0 Å². The molecule has 0 aromatic heterocycles. The topological polar surface area (TPSA) is 59.1 Å². The van der Waals surface area contributed by atoms with Crippen LogP contribution in [0.4, 0.5) is 18.4 Å². The third kappa shape index (κ3) is 9.27. The Morgan fingerprint density at radius 3 is 1.83 bits per heavy atom. The molecular formula is C44H44F2N2O4S. The molecule has 6 nitrogen and oxygen atoms in total. The van der Waals surface area contributed by atoms with E-state index in [4.69, 9.17) is 9.47 Å². The molecule has 1 heterocycles. The van der Waals surface area contributed by atoms with Crippen molar-refractivity contribution >= 4 is 23.9 Å². The summed E-state index contributed by atoms with van der Waals surface area (Å²) in [4.78, 5) is 30.8. The lowest BCUT2D eigenvalue weighted by Gasteiger charge is -2.37. The van der Waals surface area contributed by atoms with Gasteiger partial charge in [-0.1, -0.05) is 121 Å². The van der Waals surface area contributed by atoms with Crippen molar-refractivity contribution in [3.63, 3.8) is 0 Å². The van der Waals surface area contributed by atoms with Crippen LogP contribution < -0.4 is 0 Å². The van der Waals surface area contributed by atoms with Crippen molar-refractivity contribution in [1.82, 2.24) is 9.80 Å². The zero-order valence-corrected chi connectivity index (χ0v) is 31.0. The number of carbonyl (C=O) groups is 2. The molecule has 6 rings (SSSR count). The maximum absolute atomic E-state index is 15.0. The smallest absolute Gasteiger partial charge is 0.410 e. The summed E-state index contributed by atoms with van der Waals surface area (Å²) < 4.78 is 40.4. The van der Waals surface area contributed by atoms with Gasteiger partial charge in [0.1, 0.15) is 23.8 Å². The van der Waals surface area contributed by atoms with Crippen LogP contribution in [0, 0.1) is 11.6 Å². The van der Waals surface area contributed by atoms with E-state index in [9.17, 15) is 14.0 Å². The molecule has 1 aliphatic heterocycles. The number of benzene rings is 5. The second-order valence-electron chi connectivity index (χ2n) is 14.2. The van der Waals surface area contributed by atoms with E-state index in [1.807, 2.05) is 106 Å².